The average Bonchev–Trinajstić information content (AvgIpc) is 2.15. The standard InChI is InChI=1S/C8H9N3O/c9-2-4-12-8-5-7(6-10)1-3-11-8/h1,3,5H,2,4,9H2. The zero-order chi connectivity index (χ0) is 8.81. The van der Waals surface area contributed by atoms with E-state index < -0.39 is 0 Å². The molecule has 0 saturated carbocycles. The van der Waals surface area contributed by atoms with Gasteiger partial charge in [-0.3, -0.25) is 0 Å². The van der Waals surface area contributed by atoms with Crippen molar-refractivity contribution < 1.29 is 4.74 Å². The number of rotatable bonds is 3. The van der Waals surface area contributed by atoms with Crippen molar-refractivity contribution in [2.45, 2.75) is 0 Å². The summed E-state index contributed by atoms with van der Waals surface area (Å²) in [6.07, 6.45) is 1.53. The first kappa shape index (κ1) is 8.50. The smallest absolute Gasteiger partial charge is 0.214 e. The molecule has 0 bridgehead atoms. The summed E-state index contributed by atoms with van der Waals surface area (Å²) in [5.41, 5.74) is 5.77. The molecule has 2 N–H and O–H groups in total. The largest absolute Gasteiger partial charge is 0.476 e. The molecule has 0 atom stereocenters. The van der Waals surface area contributed by atoms with Gasteiger partial charge in [-0.2, -0.15) is 5.26 Å². The molecule has 0 aliphatic heterocycles. The lowest BCUT2D eigenvalue weighted by molar-refractivity contribution is 0.315. The summed E-state index contributed by atoms with van der Waals surface area (Å²) in [5, 5.41) is 8.53. The third kappa shape index (κ3) is 2.22. The Morgan fingerprint density at radius 2 is 2.50 bits per heavy atom. The van der Waals surface area contributed by atoms with Crippen LogP contribution in [0.25, 0.3) is 0 Å². The molecule has 0 radical (unpaired) electrons. The quantitative estimate of drug-likeness (QED) is 0.695. The first-order chi connectivity index (χ1) is 5.86. The third-order valence-corrected chi connectivity index (χ3v) is 1.23. The molecule has 62 valence electrons. The highest BCUT2D eigenvalue weighted by atomic mass is 16.5. The van der Waals surface area contributed by atoms with E-state index in [0.29, 0.717) is 24.6 Å². The number of hydrogen-bond acceptors (Lipinski definition) is 4. The second-order valence-electron chi connectivity index (χ2n) is 2.13. The maximum absolute atomic E-state index is 8.53. The van der Waals surface area contributed by atoms with Gasteiger partial charge in [-0.05, 0) is 6.07 Å². The van der Waals surface area contributed by atoms with Crippen molar-refractivity contribution in [2.24, 2.45) is 5.73 Å². The van der Waals surface area contributed by atoms with Crippen LogP contribution in [0.2, 0.25) is 0 Å². The molecule has 1 aromatic rings. The van der Waals surface area contributed by atoms with Crippen molar-refractivity contribution in [2.75, 3.05) is 13.2 Å². The van der Waals surface area contributed by atoms with Gasteiger partial charge in [0.1, 0.15) is 6.61 Å². The summed E-state index contributed by atoms with van der Waals surface area (Å²) in [6, 6.07) is 5.19. The Kier molecular flexibility index (Phi) is 3.05. The monoisotopic (exact) mass is 163 g/mol. The van der Waals surface area contributed by atoms with Crippen LogP contribution in [0, 0.1) is 11.3 Å². The van der Waals surface area contributed by atoms with E-state index in [-0.39, 0.29) is 0 Å². The Hall–Kier alpha value is -1.60. The summed E-state index contributed by atoms with van der Waals surface area (Å²) in [6.45, 7) is 0.861. The van der Waals surface area contributed by atoms with Crippen LogP contribution in [-0.2, 0) is 0 Å². The summed E-state index contributed by atoms with van der Waals surface area (Å²) in [4.78, 5) is 3.90. The van der Waals surface area contributed by atoms with E-state index in [0.717, 1.165) is 0 Å². The molecule has 0 fully saturated rings. The minimum atomic E-state index is 0.419. The second-order valence-corrected chi connectivity index (χ2v) is 2.13. The van der Waals surface area contributed by atoms with E-state index in [9.17, 15) is 0 Å². The zero-order valence-electron chi connectivity index (χ0n) is 6.53. The summed E-state index contributed by atoms with van der Waals surface area (Å²) < 4.78 is 5.11. The van der Waals surface area contributed by atoms with E-state index >= 15 is 0 Å². The van der Waals surface area contributed by atoms with Crippen molar-refractivity contribution >= 4 is 0 Å². The van der Waals surface area contributed by atoms with Gasteiger partial charge in [-0.15, -0.1) is 0 Å². The Balaban J connectivity index is 2.68. The highest BCUT2D eigenvalue weighted by Gasteiger charge is 1.95. The lowest BCUT2D eigenvalue weighted by Gasteiger charge is -2.01. The fourth-order valence-electron chi connectivity index (χ4n) is 0.721. The summed E-state index contributed by atoms with van der Waals surface area (Å²) >= 11 is 0. The number of nitrogens with two attached hydrogens (primary N) is 1. The van der Waals surface area contributed by atoms with E-state index in [1.165, 1.54) is 6.20 Å². The number of nitriles is 1. The van der Waals surface area contributed by atoms with Crippen LogP contribution < -0.4 is 10.5 Å². The SMILES string of the molecule is N#Cc1ccnc(OCCN)c1. The van der Waals surface area contributed by atoms with Gasteiger partial charge >= 0.3 is 0 Å². The Bertz CT molecular complexity index is 293. The molecule has 0 unspecified atom stereocenters. The van der Waals surface area contributed by atoms with Crippen LogP contribution in [0.4, 0.5) is 0 Å². The molecular weight excluding hydrogens is 154 g/mol. The van der Waals surface area contributed by atoms with Crippen molar-refractivity contribution in [3.63, 3.8) is 0 Å². The average molecular weight is 163 g/mol. The Morgan fingerprint density at radius 3 is 3.17 bits per heavy atom. The van der Waals surface area contributed by atoms with Gasteiger partial charge in [0.15, 0.2) is 0 Å². The molecule has 12 heavy (non-hydrogen) atoms. The van der Waals surface area contributed by atoms with Crippen molar-refractivity contribution in [3.05, 3.63) is 23.9 Å². The van der Waals surface area contributed by atoms with E-state index in [1.54, 1.807) is 12.1 Å². The lowest BCUT2D eigenvalue weighted by atomic mass is 10.3. The topological polar surface area (TPSA) is 71.9 Å². The Labute approximate surface area is 70.6 Å². The van der Waals surface area contributed by atoms with Crippen LogP contribution in [0.1, 0.15) is 5.56 Å². The van der Waals surface area contributed by atoms with Gasteiger partial charge in [0.2, 0.25) is 5.88 Å². The van der Waals surface area contributed by atoms with E-state index in [1.807, 2.05) is 6.07 Å². The highest BCUT2D eigenvalue weighted by molar-refractivity contribution is 5.31. The fraction of sp³-hybridized carbons (Fsp3) is 0.250. The number of pyridine rings is 1. The molecule has 4 heteroatoms. The number of nitrogens with zero attached hydrogens (tertiary/aromatic N) is 2. The molecule has 0 amide bonds. The minimum absolute atomic E-state index is 0.419. The van der Waals surface area contributed by atoms with Crippen LogP contribution in [-0.4, -0.2) is 18.1 Å². The molecule has 0 aromatic carbocycles. The van der Waals surface area contributed by atoms with Crippen LogP contribution in [0.15, 0.2) is 18.3 Å². The van der Waals surface area contributed by atoms with Crippen LogP contribution in [0.5, 0.6) is 5.88 Å². The molecular formula is C8H9N3O. The molecule has 1 heterocycles. The molecule has 0 aliphatic carbocycles. The molecule has 4 nitrogen and oxygen atoms in total. The first-order valence-corrected chi connectivity index (χ1v) is 3.56. The van der Waals surface area contributed by atoms with Gasteiger partial charge in [0, 0.05) is 18.8 Å². The summed E-state index contributed by atoms with van der Waals surface area (Å²) in [5.74, 6) is 0.444. The Morgan fingerprint density at radius 1 is 1.67 bits per heavy atom. The van der Waals surface area contributed by atoms with Gasteiger partial charge in [-0.1, -0.05) is 0 Å². The van der Waals surface area contributed by atoms with E-state index in [4.69, 9.17) is 15.7 Å². The third-order valence-electron chi connectivity index (χ3n) is 1.23. The first-order valence-electron chi connectivity index (χ1n) is 3.56. The molecule has 1 aromatic heterocycles. The lowest BCUT2D eigenvalue weighted by Crippen LogP contribution is -2.11. The zero-order valence-corrected chi connectivity index (χ0v) is 6.53. The maximum Gasteiger partial charge on any atom is 0.214 e. The van der Waals surface area contributed by atoms with Gasteiger partial charge < -0.3 is 10.5 Å². The fourth-order valence-corrected chi connectivity index (χ4v) is 0.721. The predicted octanol–water partition coefficient (Wildman–Crippen LogP) is 0.291. The molecule has 0 aliphatic rings. The van der Waals surface area contributed by atoms with Gasteiger partial charge in [-0.25, -0.2) is 4.98 Å². The van der Waals surface area contributed by atoms with Crippen molar-refractivity contribution in [3.8, 4) is 11.9 Å². The molecule has 0 spiro atoms. The maximum atomic E-state index is 8.53. The summed E-state index contributed by atoms with van der Waals surface area (Å²) in [7, 11) is 0. The molecule has 0 saturated heterocycles. The number of ether oxygens (including phenoxy) is 1. The second kappa shape index (κ2) is 4.31. The minimum Gasteiger partial charge on any atom is -0.476 e. The van der Waals surface area contributed by atoms with Gasteiger partial charge in [0.05, 0.1) is 11.6 Å². The molecule has 1 rings (SSSR count). The normalized spacial score (nSPS) is 9.00. The van der Waals surface area contributed by atoms with Crippen molar-refractivity contribution in [1.82, 2.24) is 4.98 Å². The number of aromatic nitrogens is 1. The predicted molar refractivity (Wildman–Crippen MR) is 43.5 cm³/mol. The van der Waals surface area contributed by atoms with Gasteiger partial charge in [0.25, 0.3) is 0 Å². The highest BCUT2D eigenvalue weighted by Crippen LogP contribution is 2.07. The van der Waals surface area contributed by atoms with Crippen molar-refractivity contribution in [1.29, 1.82) is 5.26 Å². The number of hydrogen-bond donors (Lipinski definition) is 1. The van der Waals surface area contributed by atoms with Crippen LogP contribution in [0.3, 0.4) is 0 Å². The van der Waals surface area contributed by atoms with E-state index in [2.05, 4.69) is 4.98 Å². The van der Waals surface area contributed by atoms with Crippen LogP contribution >= 0.6 is 0 Å².